The number of hydrogen-bond donors (Lipinski definition) is 1. The zero-order chi connectivity index (χ0) is 22.7. The Kier molecular flexibility index (Phi) is 5.81. The highest BCUT2D eigenvalue weighted by Gasteiger charge is 2.29. The maximum atomic E-state index is 13.6. The predicted octanol–water partition coefficient (Wildman–Crippen LogP) is 4.76. The Labute approximate surface area is 182 Å². The van der Waals surface area contributed by atoms with E-state index in [-0.39, 0.29) is 24.6 Å². The summed E-state index contributed by atoms with van der Waals surface area (Å²) in [5, 5.41) is 13.1. The molecule has 0 unspecified atom stereocenters. The van der Waals surface area contributed by atoms with Crippen LogP contribution in [0.5, 0.6) is 0 Å². The van der Waals surface area contributed by atoms with Crippen LogP contribution in [0.25, 0.3) is 11.1 Å². The molecule has 1 N–H and O–H groups in total. The van der Waals surface area contributed by atoms with E-state index in [9.17, 15) is 23.7 Å². The van der Waals surface area contributed by atoms with Crippen molar-refractivity contribution in [3.63, 3.8) is 0 Å². The highest BCUT2D eigenvalue weighted by Crippen LogP contribution is 2.44. The zero-order valence-electron chi connectivity index (χ0n) is 16.6. The van der Waals surface area contributed by atoms with E-state index in [2.05, 4.69) is 17.2 Å². The predicted molar refractivity (Wildman–Crippen MR) is 113 cm³/mol. The molecule has 4 rings (SSSR count). The lowest BCUT2D eigenvalue weighted by molar-refractivity contribution is -0.390. The molecule has 3 aromatic rings. The molecule has 8 heteroatoms. The van der Waals surface area contributed by atoms with Crippen LogP contribution in [-0.4, -0.2) is 24.2 Å². The van der Waals surface area contributed by atoms with Gasteiger partial charge in [-0.3, -0.25) is 10.1 Å². The van der Waals surface area contributed by atoms with Crippen molar-refractivity contribution in [1.82, 2.24) is 5.32 Å². The molecule has 0 saturated heterocycles. The van der Waals surface area contributed by atoms with Crippen molar-refractivity contribution in [1.29, 1.82) is 0 Å². The van der Waals surface area contributed by atoms with Crippen LogP contribution >= 0.6 is 0 Å². The molecular weight excluding hydrogens is 418 g/mol. The average molecular weight is 434 g/mol. The summed E-state index contributed by atoms with van der Waals surface area (Å²) in [6, 6.07) is 17.4. The standard InChI is InChI=1S/C24H16F2N2O4/c25-21-12-15(13-22(26)23(21)28(30)31)6-5-11-27-24(29)32-14-20-18-9-3-1-7-16(18)17-8-2-4-10-19(17)20/h1-4,7-10,12-13,20H,11,14H2,(H,27,29). The lowest BCUT2D eigenvalue weighted by Crippen LogP contribution is -2.26. The van der Waals surface area contributed by atoms with Crippen LogP contribution in [0.4, 0.5) is 19.3 Å². The maximum Gasteiger partial charge on any atom is 0.407 e. The number of benzene rings is 3. The summed E-state index contributed by atoms with van der Waals surface area (Å²) < 4.78 is 32.6. The third-order valence-corrected chi connectivity index (χ3v) is 5.10. The second-order valence-electron chi connectivity index (χ2n) is 7.03. The first-order valence-electron chi connectivity index (χ1n) is 9.67. The zero-order valence-corrected chi connectivity index (χ0v) is 16.6. The minimum atomic E-state index is -1.32. The van der Waals surface area contributed by atoms with Gasteiger partial charge in [-0.05, 0) is 34.4 Å². The van der Waals surface area contributed by atoms with Crippen molar-refractivity contribution < 1.29 is 23.2 Å². The van der Waals surface area contributed by atoms with Gasteiger partial charge in [0.2, 0.25) is 11.6 Å². The SMILES string of the molecule is O=C(NCC#Cc1cc(F)c([N+](=O)[O-])c(F)c1)OCC1c2ccccc2-c2ccccc21. The van der Waals surface area contributed by atoms with E-state index >= 15 is 0 Å². The number of fused-ring (bicyclic) bond motifs is 3. The minimum Gasteiger partial charge on any atom is -0.449 e. The molecule has 0 aromatic heterocycles. The molecule has 6 nitrogen and oxygen atoms in total. The van der Waals surface area contributed by atoms with Gasteiger partial charge in [-0.25, -0.2) is 4.79 Å². The Bertz CT molecular complexity index is 1210. The van der Waals surface area contributed by atoms with Crippen molar-refractivity contribution >= 4 is 11.8 Å². The summed E-state index contributed by atoms with van der Waals surface area (Å²) >= 11 is 0. The molecule has 0 aliphatic heterocycles. The molecule has 0 heterocycles. The van der Waals surface area contributed by atoms with E-state index in [1.54, 1.807) is 0 Å². The number of amides is 1. The number of nitro groups is 1. The fourth-order valence-electron chi connectivity index (χ4n) is 3.72. The quantitative estimate of drug-likeness (QED) is 0.365. The molecule has 0 spiro atoms. The Morgan fingerprint density at radius 3 is 2.16 bits per heavy atom. The molecular formula is C24H16F2N2O4. The summed E-state index contributed by atoms with van der Waals surface area (Å²) in [5.74, 6) is 2.27. The second kappa shape index (κ2) is 8.86. The molecule has 0 atom stereocenters. The number of rotatable bonds is 4. The summed E-state index contributed by atoms with van der Waals surface area (Å²) in [7, 11) is 0. The molecule has 3 aromatic carbocycles. The van der Waals surface area contributed by atoms with Gasteiger partial charge in [0.05, 0.1) is 11.5 Å². The van der Waals surface area contributed by atoms with Gasteiger partial charge in [-0.15, -0.1) is 0 Å². The van der Waals surface area contributed by atoms with Gasteiger partial charge in [0.15, 0.2) is 0 Å². The average Bonchev–Trinajstić information content (AvgIpc) is 3.08. The van der Waals surface area contributed by atoms with Crippen LogP contribution in [0.2, 0.25) is 0 Å². The van der Waals surface area contributed by atoms with Gasteiger partial charge in [0, 0.05) is 11.5 Å². The molecule has 1 aliphatic carbocycles. The first-order chi connectivity index (χ1) is 15.5. The van der Waals surface area contributed by atoms with Crippen molar-refractivity contribution in [3.8, 4) is 23.0 Å². The van der Waals surface area contributed by atoms with Crippen molar-refractivity contribution in [2.45, 2.75) is 5.92 Å². The number of halogens is 2. The maximum absolute atomic E-state index is 13.6. The van der Waals surface area contributed by atoms with Gasteiger partial charge < -0.3 is 10.1 Å². The van der Waals surface area contributed by atoms with Crippen LogP contribution in [0.3, 0.4) is 0 Å². The molecule has 0 fully saturated rings. The summed E-state index contributed by atoms with van der Waals surface area (Å²) in [5.41, 5.74) is 3.09. The molecule has 1 amide bonds. The van der Waals surface area contributed by atoms with E-state index in [1.807, 2.05) is 48.5 Å². The Morgan fingerprint density at radius 1 is 1.03 bits per heavy atom. The van der Waals surface area contributed by atoms with Crippen LogP contribution < -0.4 is 5.32 Å². The fraction of sp³-hybridized carbons (Fsp3) is 0.125. The van der Waals surface area contributed by atoms with E-state index in [4.69, 9.17) is 4.74 Å². The highest BCUT2D eigenvalue weighted by molar-refractivity contribution is 5.79. The largest absolute Gasteiger partial charge is 0.449 e. The van der Waals surface area contributed by atoms with Crippen LogP contribution in [0, 0.1) is 33.6 Å². The number of nitrogens with zero attached hydrogens (tertiary/aromatic N) is 1. The number of carbonyl (C=O) groups is 1. The lowest BCUT2D eigenvalue weighted by Gasteiger charge is -2.14. The van der Waals surface area contributed by atoms with Gasteiger partial charge >= 0.3 is 11.8 Å². The van der Waals surface area contributed by atoms with Crippen molar-refractivity contribution in [3.05, 3.63) is 99.1 Å². The summed E-state index contributed by atoms with van der Waals surface area (Å²) in [6.45, 7) is 0.0168. The molecule has 0 bridgehead atoms. The monoisotopic (exact) mass is 434 g/mol. The van der Waals surface area contributed by atoms with E-state index < -0.39 is 28.3 Å². The molecule has 32 heavy (non-hydrogen) atoms. The van der Waals surface area contributed by atoms with Gasteiger partial charge in [-0.1, -0.05) is 60.4 Å². The Hall–Kier alpha value is -4.25. The highest BCUT2D eigenvalue weighted by atomic mass is 19.1. The van der Waals surface area contributed by atoms with Crippen LogP contribution in [-0.2, 0) is 4.74 Å². The van der Waals surface area contributed by atoms with E-state index in [0.717, 1.165) is 34.4 Å². The lowest BCUT2D eigenvalue weighted by atomic mass is 9.98. The number of nitro benzene ring substituents is 1. The number of hydrogen-bond acceptors (Lipinski definition) is 4. The van der Waals surface area contributed by atoms with Gasteiger partial charge in [0.1, 0.15) is 6.61 Å². The van der Waals surface area contributed by atoms with Crippen LogP contribution in [0.1, 0.15) is 22.6 Å². The number of carbonyl (C=O) groups excluding carboxylic acids is 1. The number of alkyl carbamates (subject to hydrolysis) is 1. The van der Waals surface area contributed by atoms with Gasteiger partial charge in [-0.2, -0.15) is 8.78 Å². The Balaban J connectivity index is 1.35. The number of ether oxygens (including phenoxy) is 1. The molecule has 160 valence electrons. The molecule has 0 saturated carbocycles. The molecule has 0 radical (unpaired) electrons. The minimum absolute atomic E-state index is 0.0784. The molecule has 1 aliphatic rings. The van der Waals surface area contributed by atoms with Crippen molar-refractivity contribution in [2.75, 3.05) is 13.2 Å². The second-order valence-corrected chi connectivity index (χ2v) is 7.03. The third-order valence-electron chi connectivity index (χ3n) is 5.10. The first kappa shape index (κ1) is 21.0. The summed E-state index contributed by atoms with van der Waals surface area (Å²) in [6.07, 6.45) is -0.678. The third kappa shape index (κ3) is 4.14. The normalized spacial score (nSPS) is 11.7. The number of nitrogens with one attached hydrogen (secondary N) is 1. The smallest absolute Gasteiger partial charge is 0.407 e. The first-order valence-corrected chi connectivity index (χ1v) is 9.67. The topological polar surface area (TPSA) is 81.5 Å². The van der Waals surface area contributed by atoms with Crippen LogP contribution in [0.15, 0.2) is 60.7 Å². The fourth-order valence-corrected chi connectivity index (χ4v) is 3.72. The Morgan fingerprint density at radius 2 is 1.59 bits per heavy atom. The van der Waals surface area contributed by atoms with Gasteiger partial charge in [0.25, 0.3) is 0 Å². The summed E-state index contributed by atoms with van der Waals surface area (Å²) in [4.78, 5) is 21.5. The van der Waals surface area contributed by atoms with E-state index in [1.165, 1.54) is 0 Å². The van der Waals surface area contributed by atoms with E-state index in [0.29, 0.717) is 0 Å². The van der Waals surface area contributed by atoms with Crippen molar-refractivity contribution in [2.24, 2.45) is 0 Å².